The van der Waals surface area contributed by atoms with Gasteiger partial charge in [0.1, 0.15) is 0 Å². The predicted molar refractivity (Wildman–Crippen MR) is 101 cm³/mol. The third-order valence-electron chi connectivity index (χ3n) is 3.94. The molecule has 2 rings (SSSR count). The molecule has 2 aromatic carbocycles. The number of carboxylic acid groups (broad SMARTS) is 1. The van der Waals surface area contributed by atoms with Gasteiger partial charge < -0.3 is 5.11 Å². The van der Waals surface area contributed by atoms with Crippen molar-refractivity contribution in [1.29, 1.82) is 0 Å². The van der Waals surface area contributed by atoms with Crippen molar-refractivity contribution in [3.8, 4) is 11.1 Å². The highest BCUT2D eigenvalue weighted by Crippen LogP contribution is 2.20. The number of Topliss-reactive ketones (excluding diaryl/α,β-unsaturated/α-hetero) is 1. The zero-order valence-electron chi connectivity index (χ0n) is 14.3. The largest absolute Gasteiger partial charge is 0.478 e. The molecule has 0 heterocycles. The Morgan fingerprint density at radius 3 is 2.20 bits per heavy atom. The van der Waals surface area contributed by atoms with E-state index in [-0.39, 0.29) is 5.78 Å². The quantitative estimate of drug-likeness (QED) is 0.405. The summed E-state index contributed by atoms with van der Waals surface area (Å²) in [6.07, 6.45) is 6.59. The normalized spacial score (nSPS) is 11.6. The van der Waals surface area contributed by atoms with Crippen molar-refractivity contribution in [2.45, 2.75) is 26.2 Å². The van der Waals surface area contributed by atoms with E-state index in [4.69, 9.17) is 5.11 Å². The van der Waals surface area contributed by atoms with E-state index in [0.717, 1.165) is 11.1 Å². The van der Waals surface area contributed by atoms with Gasteiger partial charge in [-0.25, -0.2) is 4.79 Å². The summed E-state index contributed by atoms with van der Waals surface area (Å²) in [6.45, 7) is 1.80. The summed E-state index contributed by atoms with van der Waals surface area (Å²) in [5.74, 6) is -0.816. The maximum Gasteiger partial charge on any atom is 0.331 e. The number of rotatable bonds is 8. The molecule has 0 atom stereocenters. The summed E-state index contributed by atoms with van der Waals surface area (Å²) < 4.78 is 0. The Morgan fingerprint density at radius 1 is 0.960 bits per heavy atom. The highest BCUT2D eigenvalue weighted by atomic mass is 16.4. The second-order valence-corrected chi connectivity index (χ2v) is 5.68. The minimum atomic E-state index is -0.901. The molecule has 0 spiro atoms. The first kappa shape index (κ1) is 18.4. The second kappa shape index (κ2) is 9.38. The number of aliphatic carboxylic acids is 1. The lowest BCUT2D eigenvalue weighted by atomic mass is 10.0. The summed E-state index contributed by atoms with van der Waals surface area (Å²) >= 11 is 0. The van der Waals surface area contributed by atoms with E-state index in [0.29, 0.717) is 30.4 Å². The highest BCUT2D eigenvalue weighted by molar-refractivity contribution is 5.96. The Balaban J connectivity index is 1.90. The monoisotopic (exact) mass is 334 g/mol. The van der Waals surface area contributed by atoms with Crippen LogP contribution in [0.15, 0.2) is 78.4 Å². The molecule has 25 heavy (non-hydrogen) atoms. The molecule has 0 amide bonds. The van der Waals surface area contributed by atoms with Gasteiger partial charge in [0, 0.05) is 17.6 Å². The first-order valence-corrected chi connectivity index (χ1v) is 8.39. The average molecular weight is 334 g/mol. The van der Waals surface area contributed by atoms with Crippen LogP contribution in [-0.4, -0.2) is 16.9 Å². The van der Waals surface area contributed by atoms with E-state index in [1.807, 2.05) is 60.7 Å². The van der Waals surface area contributed by atoms with Crippen LogP contribution in [-0.2, 0) is 4.79 Å². The van der Waals surface area contributed by atoms with E-state index in [2.05, 4.69) is 0 Å². The van der Waals surface area contributed by atoms with Crippen LogP contribution in [0.25, 0.3) is 11.1 Å². The molecule has 2 aromatic rings. The van der Waals surface area contributed by atoms with Crippen molar-refractivity contribution in [2.24, 2.45) is 0 Å². The number of hydrogen-bond acceptors (Lipinski definition) is 2. The standard InChI is InChI=1S/C22H22O3/c1-2-17(22(24)25)9-5-4-8-12-21(23)20-15-13-19(14-16-20)18-10-6-3-7-11-18/h3-7,9-11,13-16H,2,8,12H2,1H3,(H,24,25). The van der Waals surface area contributed by atoms with Crippen LogP contribution < -0.4 is 0 Å². The Kier molecular flexibility index (Phi) is 6.90. The Morgan fingerprint density at radius 2 is 1.60 bits per heavy atom. The Hall–Kier alpha value is -2.94. The smallest absolute Gasteiger partial charge is 0.331 e. The van der Waals surface area contributed by atoms with Crippen molar-refractivity contribution < 1.29 is 14.7 Å². The molecule has 0 aliphatic carbocycles. The molecule has 0 radical (unpaired) electrons. The fourth-order valence-corrected chi connectivity index (χ4v) is 2.46. The molecule has 0 aliphatic rings. The zero-order valence-corrected chi connectivity index (χ0v) is 14.3. The minimum absolute atomic E-state index is 0.0854. The van der Waals surface area contributed by atoms with Gasteiger partial charge in [0.15, 0.2) is 5.78 Å². The third-order valence-corrected chi connectivity index (χ3v) is 3.94. The predicted octanol–water partition coefficient (Wildman–Crippen LogP) is 5.29. The summed E-state index contributed by atoms with van der Waals surface area (Å²) in [6, 6.07) is 17.7. The van der Waals surface area contributed by atoms with Gasteiger partial charge in [-0.05, 0) is 24.0 Å². The molecule has 0 bridgehead atoms. The van der Waals surface area contributed by atoms with E-state index in [1.165, 1.54) is 0 Å². The van der Waals surface area contributed by atoms with Gasteiger partial charge in [-0.15, -0.1) is 0 Å². The molecule has 128 valence electrons. The molecule has 1 N–H and O–H groups in total. The molecule has 3 heteroatoms. The first-order valence-electron chi connectivity index (χ1n) is 8.39. The Labute approximate surface area is 148 Å². The molecular formula is C22H22O3. The van der Waals surface area contributed by atoms with Crippen LogP contribution >= 0.6 is 0 Å². The van der Waals surface area contributed by atoms with E-state index in [9.17, 15) is 9.59 Å². The minimum Gasteiger partial charge on any atom is -0.478 e. The van der Waals surface area contributed by atoms with Gasteiger partial charge in [-0.1, -0.05) is 79.7 Å². The van der Waals surface area contributed by atoms with E-state index in [1.54, 1.807) is 19.1 Å². The maximum absolute atomic E-state index is 12.2. The number of carbonyl (C=O) groups excluding carboxylic acids is 1. The van der Waals surface area contributed by atoms with Crippen LogP contribution in [0, 0.1) is 0 Å². The van der Waals surface area contributed by atoms with Crippen LogP contribution in [0.1, 0.15) is 36.5 Å². The van der Waals surface area contributed by atoms with Gasteiger partial charge in [-0.2, -0.15) is 0 Å². The summed E-state index contributed by atoms with van der Waals surface area (Å²) in [5, 5.41) is 8.92. The van der Waals surface area contributed by atoms with Crippen LogP contribution in [0.2, 0.25) is 0 Å². The lowest BCUT2D eigenvalue weighted by molar-refractivity contribution is -0.132. The summed E-state index contributed by atoms with van der Waals surface area (Å²) in [7, 11) is 0. The SMILES string of the molecule is CCC(=CC=CCCC(=O)c1ccc(-c2ccccc2)cc1)C(=O)O. The molecule has 0 aromatic heterocycles. The molecule has 0 aliphatic heterocycles. The fourth-order valence-electron chi connectivity index (χ4n) is 2.46. The fraction of sp³-hybridized carbons (Fsp3) is 0.182. The van der Waals surface area contributed by atoms with Crippen LogP contribution in [0.4, 0.5) is 0 Å². The molecule has 0 fully saturated rings. The molecular weight excluding hydrogens is 312 g/mol. The van der Waals surface area contributed by atoms with Gasteiger partial charge >= 0.3 is 5.97 Å². The molecule has 0 unspecified atom stereocenters. The number of carboxylic acids is 1. The maximum atomic E-state index is 12.2. The van der Waals surface area contributed by atoms with Gasteiger partial charge in [0.05, 0.1) is 0 Å². The van der Waals surface area contributed by atoms with Crippen molar-refractivity contribution in [3.63, 3.8) is 0 Å². The van der Waals surface area contributed by atoms with Gasteiger partial charge in [-0.3, -0.25) is 4.79 Å². The van der Waals surface area contributed by atoms with Crippen molar-refractivity contribution in [1.82, 2.24) is 0 Å². The lowest BCUT2D eigenvalue weighted by Crippen LogP contribution is -1.98. The average Bonchev–Trinajstić information content (AvgIpc) is 2.65. The van der Waals surface area contributed by atoms with E-state index >= 15 is 0 Å². The summed E-state index contributed by atoms with van der Waals surface area (Å²) in [5.41, 5.74) is 3.27. The van der Waals surface area contributed by atoms with E-state index < -0.39 is 5.97 Å². The highest BCUT2D eigenvalue weighted by Gasteiger charge is 2.05. The summed E-state index contributed by atoms with van der Waals surface area (Å²) in [4.78, 5) is 23.1. The number of hydrogen-bond donors (Lipinski definition) is 1. The number of allylic oxidation sites excluding steroid dienone is 3. The number of ketones is 1. The first-order chi connectivity index (χ1) is 12.1. The van der Waals surface area contributed by atoms with Crippen molar-refractivity contribution in [2.75, 3.05) is 0 Å². The zero-order chi connectivity index (χ0) is 18.1. The lowest BCUT2D eigenvalue weighted by Gasteiger charge is -2.03. The Bertz CT molecular complexity index is 769. The number of carbonyl (C=O) groups is 2. The molecule has 0 saturated carbocycles. The topological polar surface area (TPSA) is 54.4 Å². The molecule has 0 saturated heterocycles. The number of benzene rings is 2. The van der Waals surface area contributed by atoms with Crippen LogP contribution in [0.3, 0.4) is 0 Å². The van der Waals surface area contributed by atoms with Gasteiger partial charge in [0.2, 0.25) is 0 Å². The second-order valence-electron chi connectivity index (χ2n) is 5.68. The van der Waals surface area contributed by atoms with Crippen molar-refractivity contribution in [3.05, 3.63) is 84.0 Å². The third kappa shape index (κ3) is 5.57. The molecule has 3 nitrogen and oxygen atoms in total. The van der Waals surface area contributed by atoms with Crippen LogP contribution in [0.5, 0.6) is 0 Å². The van der Waals surface area contributed by atoms with Gasteiger partial charge in [0.25, 0.3) is 0 Å². The van der Waals surface area contributed by atoms with Crippen molar-refractivity contribution >= 4 is 11.8 Å².